The van der Waals surface area contributed by atoms with Gasteiger partial charge in [-0.15, -0.1) is 0 Å². The fraction of sp³-hybridized carbons (Fsp3) is 0.588. The van der Waals surface area contributed by atoms with Crippen LogP contribution in [0.4, 0.5) is 5.69 Å². The van der Waals surface area contributed by atoms with Crippen LogP contribution in [0.5, 0.6) is 11.5 Å². The normalized spacial score (nSPS) is 15.6. The van der Waals surface area contributed by atoms with Crippen molar-refractivity contribution in [1.29, 1.82) is 0 Å². The molecule has 0 bridgehead atoms. The average Bonchev–Trinajstić information content (AvgIpc) is 2.64. The number of likely N-dealkylation sites (N-methyl/N-ethyl adjacent to an activating group) is 1. The first-order chi connectivity index (χ1) is 12.3. The molecule has 146 valence electrons. The summed E-state index contributed by atoms with van der Waals surface area (Å²) in [4.78, 5) is 16.6. The molecule has 2 rings (SSSR count). The van der Waals surface area contributed by atoms with Gasteiger partial charge in [-0.2, -0.15) is 0 Å². The summed E-state index contributed by atoms with van der Waals surface area (Å²) in [5, 5.41) is 0. The summed E-state index contributed by atoms with van der Waals surface area (Å²) in [6.07, 6.45) is 1.08. The highest BCUT2D eigenvalue weighted by molar-refractivity contribution is 7.92. The second kappa shape index (κ2) is 8.59. The highest BCUT2D eigenvalue weighted by Gasteiger charge is 2.28. The van der Waals surface area contributed by atoms with Crippen molar-refractivity contribution in [3.8, 4) is 11.5 Å². The van der Waals surface area contributed by atoms with Crippen LogP contribution in [0.1, 0.15) is 6.92 Å². The Kier molecular flexibility index (Phi) is 6.71. The monoisotopic (exact) mass is 385 g/mol. The van der Waals surface area contributed by atoms with Crippen LogP contribution >= 0.6 is 0 Å². The number of hydrogen-bond donors (Lipinski definition) is 0. The molecule has 1 aromatic carbocycles. The van der Waals surface area contributed by atoms with Crippen LogP contribution in [0.15, 0.2) is 18.2 Å². The van der Waals surface area contributed by atoms with E-state index in [1.54, 1.807) is 23.1 Å². The first-order valence-corrected chi connectivity index (χ1v) is 10.3. The molecule has 0 aromatic heterocycles. The van der Waals surface area contributed by atoms with Gasteiger partial charge in [0.1, 0.15) is 18.0 Å². The van der Waals surface area contributed by atoms with Crippen molar-refractivity contribution in [2.45, 2.75) is 6.92 Å². The first kappa shape index (κ1) is 20.3. The molecule has 1 saturated heterocycles. The minimum Gasteiger partial charge on any atom is -0.497 e. The standard InChI is InChI=1S/C17H27N3O5S/c1-5-18-8-10-19(11-9-18)17(21)13-20(26(4,22)23)15-7-6-14(24-2)12-16(15)25-3/h6-7,12H,5,8-11,13H2,1-4H3. The van der Waals surface area contributed by atoms with E-state index in [-0.39, 0.29) is 12.5 Å². The summed E-state index contributed by atoms with van der Waals surface area (Å²) in [6, 6.07) is 4.82. The van der Waals surface area contributed by atoms with Gasteiger partial charge in [0.25, 0.3) is 0 Å². The highest BCUT2D eigenvalue weighted by Crippen LogP contribution is 2.33. The van der Waals surface area contributed by atoms with Gasteiger partial charge in [-0.05, 0) is 18.7 Å². The lowest BCUT2D eigenvalue weighted by atomic mass is 10.2. The number of ether oxygens (including phenoxy) is 2. The van der Waals surface area contributed by atoms with Crippen LogP contribution < -0.4 is 13.8 Å². The Balaban J connectivity index is 2.23. The van der Waals surface area contributed by atoms with E-state index in [0.717, 1.165) is 30.2 Å². The number of carbonyl (C=O) groups excluding carboxylic acids is 1. The second-order valence-electron chi connectivity index (χ2n) is 6.12. The molecule has 0 atom stereocenters. The van der Waals surface area contributed by atoms with Crippen LogP contribution in [-0.2, 0) is 14.8 Å². The number of methoxy groups -OCH3 is 2. The van der Waals surface area contributed by atoms with Gasteiger partial charge >= 0.3 is 0 Å². The van der Waals surface area contributed by atoms with Crippen molar-refractivity contribution >= 4 is 21.6 Å². The third kappa shape index (κ3) is 4.79. The fourth-order valence-electron chi connectivity index (χ4n) is 2.91. The summed E-state index contributed by atoms with van der Waals surface area (Å²) in [6.45, 7) is 5.57. The number of benzene rings is 1. The molecule has 0 saturated carbocycles. The van der Waals surface area contributed by atoms with Crippen molar-refractivity contribution in [1.82, 2.24) is 9.80 Å². The maximum absolute atomic E-state index is 12.7. The lowest BCUT2D eigenvalue weighted by molar-refractivity contribution is -0.131. The number of hydrogen-bond acceptors (Lipinski definition) is 6. The number of piperazine rings is 1. The van der Waals surface area contributed by atoms with Crippen molar-refractivity contribution in [2.75, 3.05) is 64.0 Å². The number of carbonyl (C=O) groups is 1. The topological polar surface area (TPSA) is 79.4 Å². The molecule has 0 radical (unpaired) electrons. The molecule has 0 unspecified atom stereocenters. The zero-order valence-corrected chi connectivity index (χ0v) is 16.6. The van der Waals surface area contributed by atoms with E-state index in [1.807, 2.05) is 0 Å². The summed E-state index contributed by atoms with van der Waals surface area (Å²) in [5.74, 6) is 0.656. The maximum atomic E-state index is 12.7. The third-order valence-electron chi connectivity index (χ3n) is 4.51. The van der Waals surface area contributed by atoms with E-state index < -0.39 is 10.0 Å². The van der Waals surface area contributed by atoms with Crippen LogP contribution in [0.25, 0.3) is 0 Å². The van der Waals surface area contributed by atoms with Gasteiger partial charge in [-0.1, -0.05) is 6.92 Å². The zero-order chi connectivity index (χ0) is 19.3. The van der Waals surface area contributed by atoms with Gasteiger partial charge in [0.05, 0.1) is 26.2 Å². The smallest absolute Gasteiger partial charge is 0.243 e. The van der Waals surface area contributed by atoms with E-state index in [2.05, 4.69) is 11.8 Å². The molecule has 1 aliphatic rings. The highest BCUT2D eigenvalue weighted by atomic mass is 32.2. The summed E-state index contributed by atoms with van der Waals surface area (Å²) in [7, 11) is -0.700. The van der Waals surface area contributed by atoms with Crippen molar-refractivity contribution < 1.29 is 22.7 Å². The average molecular weight is 385 g/mol. The molecule has 26 heavy (non-hydrogen) atoms. The lowest BCUT2D eigenvalue weighted by Crippen LogP contribution is -2.51. The second-order valence-corrected chi connectivity index (χ2v) is 8.03. The lowest BCUT2D eigenvalue weighted by Gasteiger charge is -2.35. The first-order valence-electron chi connectivity index (χ1n) is 8.50. The third-order valence-corrected chi connectivity index (χ3v) is 5.63. The summed E-state index contributed by atoms with van der Waals surface area (Å²) in [5.41, 5.74) is 0.316. The molecule has 0 spiro atoms. The van der Waals surface area contributed by atoms with Gasteiger partial charge in [-0.3, -0.25) is 9.10 Å². The van der Waals surface area contributed by atoms with E-state index in [9.17, 15) is 13.2 Å². The molecule has 1 fully saturated rings. The Bertz CT molecular complexity index is 730. The van der Waals surface area contributed by atoms with Crippen LogP contribution in [0.2, 0.25) is 0 Å². The summed E-state index contributed by atoms with van der Waals surface area (Å²) >= 11 is 0. The van der Waals surface area contributed by atoms with Crippen LogP contribution in [0, 0.1) is 0 Å². The predicted molar refractivity (Wildman–Crippen MR) is 100 cm³/mol. The van der Waals surface area contributed by atoms with E-state index in [1.165, 1.54) is 14.2 Å². The van der Waals surface area contributed by atoms with Gasteiger partial charge in [0, 0.05) is 32.2 Å². The molecule has 0 aliphatic carbocycles. The Morgan fingerprint density at radius 2 is 1.81 bits per heavy atom. The fourth-order valence-corrected chi connectivity index (χ4v) is 3.76. The minimum atomic E-state index is -3.66. The SMILES string of the molecule is CCN1CCN(C(=O)CN(c2ccc(OC)cc2OC)S(C)(=O)=O)CC1. The Labute approximate surface area is 155 Å². The Morgan fingerprint density at radius 1 is 1.15 bits per heavy atom. The predicted octanol–water partition coefficient (Wildman–Crippen LogP) is 0.634. The Morgan fingerprint density at radius 3 is 2.31 bits per heavy atom. The van der Waals surface area contributed by atoms with E-state index in [4.69, 9.17) is 9.47 Å². The largest absolute Gasteiger partial charge is 0.497 e. The molecular formula is C17H27N3O5S. The van der Waals surface area contributed by atoms with E-state index >= 15 is 0 Å². The molecule has 9 heteroatoms. The zero-order valence-electron chi connectivity index (χ0n) is 15.8. The number of nitrogens with zero attached hydrogens (tertiary/aromatic N) is 3. The number of rotatable bonds is 7. The number of amides is 1. The van der Waals surface area contributed by atoms with Crippen molar-refractivity contribution in [2.24, 2.45) is 0 Å². The van der Waals surface area contributed by atoms with E-state index in [0.29, 0.717) is 30.3 Å². The van der Waals surface area contributed by atoms with Crippen molar-refractivity contribution in [3.63, 3.8) is 0 Å². The maximum Gasteiger partial charge on any atom is 0.243 e. The number of sulfonamides is 1. The summed E-state index contributed by atoms with van der Waals surface area (Å²) < 4.78 is 36.2. The number of anilines is 1. The molecule has 1 amide bonds. The van der Waals surface area contributed by atoms with Crippen molar-refractivity contribution in [3.05, 3.63) is 18.2 Å². The molecule has 1 aromatic rings. The quantitative estimate of drug-likeness (QED) is 0.685. The van der Waals surface area contributed by atoms with Gasteiger partial charge < -0.3 is 19.3 Å². The minimum absolute atomic E-state index is 0.218. The molecule has 1 aliphatic heterocycles. The van der Waals surface area contributed by atoms with Gasteiger partial charge in [-0.25, -0.2) is 8.42 Å². The molecular weight excluding hydrogens is 358 g/mol. The Hall–Kier alpha value is -2.00. The van der Waals surface area contributed by atoms with Crippen LogP contribution in [-0.4, -0.2) is 83.9 Å². The van der Waals surface area contributed by atoms with Gasteiger partial charge in [0.15, 0.2) is 0 Å². The van der Waals surface area contributed by atoms with Crippen LogP contribution in [0.3, 0.4) is 0 Å². The van der Waals surface area contributed by atoms with Gasteiger partial charge in [0.2, 0.25) is 15.9 Å². The molecule has 8 nitrogen and oxygen atoms in total. The molecule has 0 N–H and O–H groups in total. The molecule has 1 heterocycles.